The summed E-state index contributed by atoms with van der Waals surface area (Å²) in [7, 11) is 0. The maximum Gasteiger partial charge on any atom is 0.275 e. The Morgan fingerprint density at radius 1 is 1.15 bits per heavy atom. The molecule has 2 heterocycles. The molecule has 2 aromatic carbocycles. The normalized spacial score (nSPS) is 10.8. The topological polar surface area (TPSA) is 68.5 Å². The van der Waals surface area contributed by atoms with Crippen LogP contribution in [0.3, 0.4) is 0 Å². The van der Waals surface area contributed by atoms with Gasteiger partial charge in [0.15, 0.2) is 0 Å². The van der Waals surface area contributed by atoms with Crippen LogP contribution in [0, 0.1) is 0 Å². The van der Waals surface area contributed by atoms with Crippen LogP contribution < -0.4 is 15.6 Å². The smallest absolute Gasteiger partial charge is 0.275 e. The van der Waals surface area contributed by atoms with Crippen molar-refractivity contribution in [3.63, 3.8) is 0 Å². The van der Waals surface area contributed by atoms with Crippen LogP contribution in [0.5, 0.6) is 5.75 Å². The molecular weight excluding hydrogens is 416 g/mol. The average molecular weight is 429 g/mol. The Hall–Kier alpha value is -2.71. The summed E-state index contributed by atoms with van der Waals surface area (Å²) in [6.07, 6.45) is 1.48. The van der Waals surface area contributed by atoms with Gasteiger partial charge in [-0.2, -0.15) is 4.52 Å². The number of anilines is 2. The van der Waals surface area contributed by atoms with Crippen molar-refractivity contribution >= 4 is 43.0 Å². The van der Waals surface area contributed by atoms with Crippen LogP contribution in [0.2, 0.25) is 0 Å². The Labute approximate surface area is 161 Å². The monoisotopic (exact) mass is 428 g/mol. The van der Waals surface area contributed by atoms with E-state index >= 15 is 0 Å². The molecule has 0 amide bonds. The maximum atomic E-state index is 11.7. The summed E-state index contributed by atoms with van der Waals surface area (Å²) >= 11 is 4.84. The molecule has 4 aromatic rings. The van der Waals surface area contributed by atoms with Gasteiger partial charge in [0.2, 0.25) is 10.1 Å². The molecule has 0 unspecified atom stereocenters. The average Bonchev–Trinajstić information content (AvgIpc) is 3.06. The number of ether oxygens (including phenoxy) is 1. The van der Waals surface area contributed by atoms with Gasteiger partial charge < -0.3 is 10.1 Å². The number of benzene rings is 2. The van der Waals surface area contributed by atoms with Gasteiger partial charge in [0.1, 0.15) is 12.4 Å². The molecule has 8 heteroatoms. The molecule has 0 atom stereocenters. The lowest BCUT2D eigenvalue weighted by molar-refractivity contribution is 0.304. The number of halogens is 1. The van der Waals surface area contributed by atoms with E-state index in [-0.39, 0.29) is 5.56 Å². The van der Waals surface area contributed by atoms with Gasteiger partial charge in [-0.1, -0.05) is 41.7 Å². The van der Waals surface area contributed by atoms with E-state index in [4.69, 9.17) is 4.74 Å². The first-order valence-corrected chi connectivity index (χ1v) is 9.38. The number of nitrogens with zero attached hydrogens (tertiary/aromatic N) is 3. The van der Waals surface area contributed by atoms with Crippen molar-refractivity contribution in [1.29, 1.82) is 0 Å². The second-order valence-electron chi connectivity index (χ2n) is 5.43. The first-order chi connectivity index (χ1) is 12.7. The first-order valence-electron chi connectivity index (χ1n) is 7.77. The SMILES string of the molecule is O=c1ccnc2sc(Nc3ccc(OCc4ccccc4)c(Br)c3)nn12. The predicted molar refractivity (Wildman–Crippen MR) is 105 cm³/mol. The number of nitrogens with one attached hydrogen (secondary N) is 1. The summed E-state index contributed by atoms with van der Waals surface area (Å²) in [5.74, 6) is 0.751. The zero-order valence-electron chi connectivity index (χ0n) is 13.4. The highest BCUT2D eigenvalue weighted by Crippen LogP contribution is 2.31. The summed E-state index contributed by atoms with van der Waals surface area (Å²) in [6, 6.07) is 17.1. The Bertz CT molecular complexity index is 1110. The highest BCUT2D eigenvalue weighted by molar-refractivity contribution is 9.10. The highest BCUT2D eigenvalue weighted by atomic mass is 79.9. The molecule has 2 aromatic heterocycles. The van der Waals surface area contributed by atoms with E-state index in [1.54, 1.807) is 0 Å². The number of aromatic nitrogens is 3. The third kappa shape index (κ3) is 3.61. The standard InChI is InChI=1S/C18H13BrN4O2S/c19-14-10-13(6-7-15(14)25-11-12-4-2-1-3-5-12)21-17-22-23-16(24)8-9-20-18(23)26-17/h1-10H,11H2,(H,21,22). The molecule has 4 rings (SSSR count). The molecule has 0 spiro atoms. The quantitative estimate of drug-likeness (QED) is 0.514. The minimum Gasteiger partial charge on any atom is -0.488 e. The molecule has 1 N–H and O–H groups in total. The van der Waals surface area contributed by atoms with E-state index < -0.39 is 0 Å². The molecule has 6 nitrogen and oxygen atoms in total. The predicted octanol–water partition coefficient (Wildman–Crippen LogP) is 4.24. The molecule has 0 aliphatic rings. The van der Waals surface area contributed by atoms with Crippen molar-refractivity contribution in [3.8, 4) is 5.75 Å². The first kappa shape index (κ1) is 16.7. The van der Waals surface area contributed by atoms with Crippen molar-refractivity contribution in [3.05, 3.63) is 81.2 Å². The van der Waals surface area contributed by atoms with E-state index in [0.717, 1.165) is 21.5 Å². The van der Waals surface area contributed by atoms with Crippen molar-refractivity contribution < 1.29 is 4.74 Å². The molecule has 26 heavy (non-hydrogen) atoms. The molecular formula is C18H13BrN4O2S. The fourth-order valence-electron chi connectivity index (χ4n) is 2.35. The molecule has 0 fully saturated rings. The number of rotatable bonds is 5. The van der Waals surface area contributed by atoms with Crippen molar-refractivity contribution in [2.24, 2.45) is 0 Å². The summed E-state index contributed by atoms with van der Waals surface area (Å²) in [5, 5.41) is 8.01. The second-order valence-corrected chi connectivity index (χ2v) is 7.24. The molecule has 0 saturated heterocycles. The Morgan fingerprint density at radius 2 is 2.00 bits per heavy atom. The van der Waals surface area contributed by atoms with Gasteiger partial charge >= 0.3 is 0 Å². The second kappa shape index (κ2) is 7.27. The van der Waals surface area contributed by atoms with Crippen LogP contribution >= 0.6 is 27.3 Å². The van der Waals surface area contributed by atoms with E-state index in [0.29, 0.717) is 16.7 Å². The number of fused-ring (bicyclic) bond motifs is 1. The van der Waals surface area contributed by atoms with Gasteiger partial charge in [0.25, 0.3) is 5.56 Å². The lowest BCUT2D eigenvalue weighted by Gasteiger charge is -2.10. The van der Waals surface area contributed by atoms with E-state index in [1.165, 1.54) is 28.1 Å². The summed E-state index contributed by atoms with van der Waals surface area (Å²) in [6.45, 7) is 0.499. The third-order valence-corrected chi connectivity index (χ3v) is 5.05. The van der Waals surface area contributed by atoms with Gasteiger partial charge in [0, 0.05) is 18.0 Å². The van der Waals surface area contributed by atoms with Crippen LogP contribution in [0.4, 0.5) is 10.8 Å². The maximum absolute atomic E-state index is 11.7. The third-order valence-electron chi connectivity index (χ3n) is 3.59. The van der Waals surface area contributed by atoms with Crippen molar-refractivity contribution in [2.45, 2.75) is 6.61 Å². The Kier molecular flexibility index (Phi) is 4.68. The van der Waals surface area contributed by atoms with E-state index in [1.807, 2.05) is 48.5 Å². The van der Waals surface area contributed by atoms with Gasteiger partial charge in [-0.25, -0.2) is 4.98 Å². The summed E-state index contributed by atoms with van der Waals surface area (Å²) < 4.78 is 7.95. The van der Waals surface area contributed by atoms with Crippen molar-refractivity contribution in [2.75, 3.05) is 5.32 Å². The van der Waals surface area contributed by atoms with Crippen molar-refractivity contribution in [1.82, 2.24) is 14.6 Å². The lowest BCUT2D eigenvalue weighted by Crippen LogP contribution is -2.12. The van der Waals surface area contributed by atoms with Crippen LogP contribution in [0.15, 0.2) is 70.1 Å². The van der Waals surface area contributed by atoms with Crippen LogP contribution in [0.25, 0.3) is 4.96 Å². The number of hydrogen-bond donors (Lipinski definition) is 1. The van der Waals surface area contributed by atoms with Gasteiger partial charge in [-0.15, -0.1) is 5.10 Å². The Morgan fingerprint density at radius 3 is 2.77 bits per heavy atom. The van der Waals surface area contributed by atoms with Crippen LogP contribution in [-0.4, -0.2) is 14.6 Å². The van der Waals surface area contributed by atoms with E-state index in [9.17, 15) is 4.79 Å². The minimum atomic E-state index is -0.204. The van der Waals surface area contributed by atoms with Crippen LogP contribution in [-0.2, 0) is 6.61 Å². The molecule has 0 saturated carbocycles. The van der Waals surface area contributed by atoms with Gasteiger partial charge in [-0.05, 0) is 39.7 Å². The highest BCUT2D eigenvalue weighted by Gasteiger charge is 2.08. The zero-order valence-corrected chi connectivity index (χ0v) is 15.8. The minimum absolute atomic E-state index is 0.204. The molecule has 0 bridgehead atoms. The fourth-order valence-corrected chi connectivity index (χ4v) is 3.64. The van der Waals surface area contributed by atoms with Gasteiger partial charge in [-0.3, -0.25) is 4.79 Å². The zero-order chi connectivity index (χ0) is 17.9. The van der Waals surface area contributed by atoms with Crippen LogP contribution in [0.1, 0.15) is 5.56 Å². The molecule has 0 aliphatic heterocycles. The molecule has 0 radical (unpaired) electrons. The lowest BCUT2D eigenvalue weighted by atomic mass is 10.2. The summed E-state index contributed by atoms with van der Waals surface area (Å²) in [4.78, 5) is 16.4. The molecule has 130 valence electrons. The Balaban J connectivity index is 1.50. The number of hydrogen-bond acceptors (Lipinski definition) is 6. The molecule has 0 aliphatic carbocycles. The largest absolute Gasteiger partial charge is 0.488 e. The fraction of sp³-hybridized carbons (Fsp3) is 0.0556. The van der Waals surface area contributed by atoms with E-state index in [2.05, 4.69) is 31.3 Å². The van der Waals surface area contributed by atoms with Gasteiger partial charge in [0.05, 0.1) is 4.47 Å². The summed E-state index contributed by atoms with van der Waals surface area (Å²) in [5.41, 5.74) is 1.73.